The Morgan fingerprint density at radius 3 is 2.41 bits per heavy atom. The van der Waals surface area contributed by atoms with Crippen LogP contribution >= 0.6 is 0 Å². The predicted octanol–water partition coefficient (Wildman–Crippen LogP) is 3.02. The van der Waals surface area contributed by atoms with Crippen molar-refractivity contribution in [2.45, 2.75) is 33.2 Å². The van der Waals surface area contributed by atoms with Crippen molar-refractivity contribution >= 4 is 23.3 Å². The Morgan fingerprint density at radius 2 is 1.79 bits per heavy atom. The van der Waals surface area contributed by atoms with Gasteiger partial charge in [-0.05, 0) is 47.9 Å². The highest BCUT2D eigenvalue weighted by atomic mass is 16.5. The Hall–Kier alpha value is -3.19. The Balaban J connectivity index is 2.44. The zero-order chi connectivity index (χ0) is 21.4. The second kappa shape index (κ2) is 10.4. The van der Waals surface area contributed by atoms with Crippen LogP contribution in [0.4, 0.5) is 5.69 Å². The fourth-order valence-electron chi connectivity index (χ4n) is 3.02. The van der Waals surface area contributed by atoms with E-state index in [0.717, 1.165) is 16.7 Å². The van der Waals surface area contributed by atoms with Crippen molar-refractivity contribution in [2.75, 3.05) is 19.0 Å². The van der Waals surface area contributed by atoms with Gasteiger partial charge < -0.3 is 20.5 Å². The van der Waals surface area contributed by atoms with Crippen LogP contribution < -0.4 is 15.4 Å². The summed E-state index contributed by atoms with van der Waals surface area (Å²) in [6.45, 7) is 4.00. The lowest BCUT2D eigenvalue weighted by Crippen LogP contribution is -2.17. The monoisotopic (exact) mass is 398 g/mol. The maximum atomic E-state index is 11.4. The van der Waals surface area contributed by atoms with Crippen LogP contribution in [0.3, 0.4) is 0 Å². The summed E-state index contributed by atoms with van der Waals surface area (Å²) in [5.74, 6) is -0.355. The molecule has 0 fully saturated rings. The van der Waals surface area contributed by atoms with E-state index in [-0.39, 0.29) is 18.1 Å². The number of ketones is 1. The Bertz CT molecular complexity index is 908. The highest BCUT2D eigenvalue weighted by Gasteiger charge is 2.14. The van der Waals surface area contributed by atoms with Crippen LogP contribution in [0.5, 0.6) is 5.75 Å². The molecule has 7 heteroatoms. The van der Waals surface area contributed by atoms with Gasteiger partial charge in [-0.1, -0.05) is 12.1 Å². The molecule has 0 aliphatic rings. The molecule has 0 spiro atoms. The molecule has 0 atom stereocenters. The van der Waals surface area contributed by atoms with Crippen molar-refractivity contribution in [3.05, 3.63) is 47.5 Å². The Morgan fingerprint density at radius 1 is 1.03 bits per heavy atom. The third-order valence-corrected chi connectivity index (χ3v) is 4.30. The molecule has 0 saturated carbocycles. The van der Waals surface area contributed by atoms with Gasteiger partial charge >= 0.3 is 5.97 Å². The molecule has 154 valence electrons. The maximum Gasteiger partial charge on any atom is 0.307 e. The average molecular weight is 398 g/mol. The number of aliphatic carboxylic acids is 1. The Labute approximate surface area is 170 Å². The lowest BCUT2D eigenvalue weighted by atomic mass is 9.95. The van der Waals surface area contributed by atoms with Gasteiger partial charge in [0.15, 0.2) is 0 Å². The van der Waals surface area contributed by atoms with Crippen molar-refractivity contribution in [1.82, 2.24) is 5.32 Å². The number of carboxylic acids is 1. The van der Waals surface area contributed by atoms with Gasteiger partial charge in [0, 0.05) is 37.7 Å². The van der Waals surface area contributed by atoms with Crippen LogP contribution in [-0.2, 0) is 27.3 Å². The van der Waals surface area contributed by atoms with Gasteiger partial charge in [0.05, 0.1) is 13.5 Å². The fraction of sp³-hybridized carbons (Fsp3) is 0.318. The number of benzene rings is 2. The number of anilines is 1. The van der Waals surface area contributed by atoms with Crippen molar-refractivity contribution in [3.8, 4) is 16.9 Å². The van der Waals surface area contributed by atoms with Crippen LogP contribution in [0.2, 0.25) is 0 Å². The van der Waals surface area contributed by atoms with E-state index in [1.807, 2.05) is 12.1 Å². The third kappa shape index (κ3) is 6.73. The molecule has 0 bridgehead atoms. The molecule has 0 aliphatic carbocycles. The van der Waals surface area contributed by atoms with E-state index in [1.165, 1.54) is 6.92 Å². The topological polar surface area (TPSA) is 105 Å². The minimum Gasteiger partial charge on any atom is -0.496 e. The smallest absolute Gasteiger partial charge is 0.307 e. The number of hydrogen-bond acceptors (Lipinski definition) is 5. The van der Waals surface area contributed by atoms with E-state index in [2.05, 4.69) is 10.6 Å². The summed E-state index contributed by atoms with van der Waals surface area (Å²) in [6, 6.07) is 10.8. The summed E-state index contributed by atoms with van der Waals surface area (Å²) in [4.78, 5) is 33.7. The van der Waals surface area contributed by atoms with Gasteiger partial charge in [-0.2, -0.15) is 0 Å². The molecular formula is C22H26N2O5. The highest BCUT2D eigenvalue weighted by molar-refractivity contribution is 5.89. The number of methoxy groups -OCH3 is 1. The van der Waals surface area contributed by atoms with Gasteiger partial charge in [-0.25, -0.2) is 0 Å². The maximum absolute atomic E-state index is 11.4. The highest BCUT2D eigenvalue weighted by Crippen LogP contribution is 2.35. The molecule has 2 aromatic rings. The van der Waals surface area contributed by atoms with Gasteiger partial charge in [0.1, 0.15) is 11.5 Å². The number of carbonyl (C=O) groups is 3. The first-order chi connectivity index (χ1) is 13.8. The van der Waals surface area contributed by atoms with Crippen LogP contribution in [0.15, 0.2) is 36.4 Å². The van der Waals surface area contributed by atoms with E-state index < -0.39 is 5.97 Å². The fourth-order valence-corrected chi connectivity index (χ4v) is 3.02. The number of carboxylic acid groups (broad SMARTS) is 1. The minimum absolute atomic E-state index is 0.0901. The lowest BCUT2D eigenvalue weighted by molar-refractivity contribution is -0.136. The predicted molar refractivity (Wildman–Crippen MR) is 111 cm³/mol. The third-order valence-electron chi connectivity index (χ3n) is 4.30. The molecule has 0 aromatic heterocycles. The lowest BCUT2D eigenvalue weighted by Gasteiger charge is -2.16. The zero-order valence-electron chi connectivity index (χ0n) is 16.9. The summed E-state index contributed by atoms with van der Waals surface area (Å²) in [7, 11) is 1.56. The van der Waals surface area contributed by atoms with E-state index in [9.17, 15) is 14.4 Å². The van der Waals surface area contributed by atoms with Crippen LogP contribution in [-0.4, -0.2) is 36.4 Å². The summed E-state index contributed by atoms with van der Waals surface area (Å²) in [5.41, 5.74) is 3.84. The number of amides is 1. The molecule has 0 aliphatic heterocycles. The number of nitrogens with one attached hydrogen (secondary N) is 2. The summed E-state index contributed by atoms with van der Waals surface area (Å²) in [6.07, 6.45) is 0.339. The molecule has 7 nitrogen and oxygen atoms in total. The molecule has 1 amide bonds. The number of carbonyl (C=O) groups excluding carboxylic acids is 2. The quantitative estimate of drug-likeness (QED) is 0.532. The summed E-state index contributed by atoms with van der Waals surface area (Å²) in [5, 5.41) is 15.1. The van der Waals surface area contributed by atoms with Gasteiger partial charge in [-0.3, -0.25) is 14.4 Å². The number of Topliss-reactive ketones (excluding diaryl/α,β-unsaturated/α-hetero) is 1. The van der Waals surface area contributed by atoms with Crippen LogP contribution in [0.25, 0.3) is 11.1 Å². The minimum atomic E-state index is -0.909. The van der Waals surface area contributed by atoms with E-state index in [0.29, 0.717) is 36.5 Å². The normalized spacial score (nSPS) is 10.4. The van der Waals surface area contributed by atoms with Gasteiger partial charge in [0.25, 0.3) is 0 Å². The SMILES string of the molecule is COc1ccc(CC(=O)O)cc1-c1ccc(NC(C)=O)cc1CNCCC(C)=O. The molecular weight excluding hydrogens is 372 g/mol. The molecule has 29 heavy (non-hydrogen) atoms. The molecule has 0 radical (unpaired) electrons. The van der Waals surface area contributed by atoms with Crippen LogP contribution in [0.1, 0.15) is 31.4 Å². The second-order valence-corrected chi connectivity index (χ2v) is 6.79. The van der Waals surface area contributed by atoms with Gasteiger partial charge in [-0.15, -0.1) is 0 Å². The number of rotatable bonds is 10. The van der Waals surface area contributed by atoms with Crippen molar-refractivity contribution in [2.24, 2.45) is 0 Å². The summed E-state index contributed by atoms with van der Waals surface area (Å²) < 4.78 is 5.48. The van der Waals surface area contributed by atoms with Crippen molar-refractivity contribution in [1.29, 1.82) is 0 Å². The first-order valence-corrected chi connectivity index (χ1v) is 9.30. The van der Waals surface area contributed by atoms with Crippen LogP contribution in [0, 0.1) is 0 Å². The van der Waals surface area contributed by atoms with E-state index in [4.69, 9.17) is 9.84 Å². The number of hydrogen-bond donors (Lipinski definition) is 3. The average Bonchev–Trinajstić information content (AvgIpc) is 2.64. The second-order valence-electron chi connectivity index (χ2n) is 6.79. The zero-order valence-corrected chi connectivity index (χ0v) is 16.9. The van der Waals surface area contributed by atoms with Crippen molar-refractivity contribution < 1.29 is 24.2 Å². The Kier molecular flexibility index (Phi) is 7.91. The molecule has 2 rings (SSSR count). The standard InChI is InChI=1S/C22H26N2O5/c1-14(25)8-9-23-13-17-12-18(24-15(2)26)5-6-19(17)20-10-16(11-22(27)28)4-7-21(20)29-3/h4-7,10,12,23H,8-9,11,13H2,1-3H3,(H,24,26)(H,27,28). The molecule has 0 heterocycles. The summed E-state index contributed by atoms with van der Waals surface area (Å²) >= 11 is 0. The van der Waals surface area contributed by atoms with E-state index >= 15 is 0 Å². The largest absolute Gasteiger partial charge is 0.496 e. The first-order valence-electron chi connectivity index (χ1n) is 9.30. The molecule has 0 unspecified atom stereocenters. The molecule has 2 aromatic carbocycles. The van der Waals surface area contributed by atoms with E-state index in [1.54, 1.807) is 38.3 Å². The number of ether oxygens (including phenoxy) is 1. The van der Waals surface area contributed by atoms with Gasteiger partial charge in [0.2, 0.25) is 5.91 Å². The first kappa shape index (κ1) is 22.1. The molecule has 3 N–H and O–H groups in total. The van der Waals surface area contributed by atoms with Crippen molar-refractivity contribution in [3.63, 3.8) is 0 Å². The molecule has 0 saturated heterocycles.